The Labute approximate surface area is 194 Å². The van der Waals surface area contributed by atoms with Crippen LogP contribution in [0.1, 0.15) is 25.3 Å². The number of benzene rings is 1. The number of aliphatic imine (C=N–C) groups is 1. The van der Waals surface area contributed by atoms with Crippen molar-refractivity contribution in [2.75, 3.05) is 38.8 Å². The number of anilines is 1. The van der Waals surface area contributed by atoms with Crippen LogP contribution in [0.4, 0.5) is 5.00 Å². The smallest absolute Gasteiger partial charge is 0.191 e. The number of hydrogen-bond donors (Lipinski definition) is 2. The van der Waals surface area contributed by atoms with Gasteiger partial charge in [0.1, 0.15) is 0 Å². The zero-order valence-corrected chi connectivity index (χ0v) is 20.5. The number of piperidine rings is 1. The minimum Gasteiger partial charge on any atom is -0.493 e. The minimum atomic E-state index is 0. The van der Waals surface area contributed by atoms with E-state index in [0.29, 0.717) is 12.6 Å². The van der Waals surface area contributed by atoms with E-state index in [1.165, 1.54) is 5.00 Å². The van der Waals surface area contributed by atoms with Crippen molar-refractivity contribution in [1.82, 2.24) is 10.6 Å². The molecule has 160 valence electrons. The van der Waals surface area contributed by atoms with Crippen LogP contribution in [-0.2, 0) is 6.54 Å². The van der Waals surface area contributed by atoms with E-state index < -0.39 is 0 Å². The van der Waals surface area contributed by atoms with Crippen molar-refractivity contribution < 1.29 is 9.47 Å². The van der Waals surface area contributed by atoms with E-state index in [1.807, 2.05) is 29.5 Å². The summed E-state index contributed by atoms with van der Waals surface area (Å²) in [4.78, 5) is 7.23. The molecule has 0 bridgehead atoms. The van der Waals surface area contributed by atoms with Gasteiger partial charge in [-0.2, -0.15) is 0 Å². The van der Waals surface area contributed by atoms with Gasteiger partial charge in [0.05, 0.1) is 25.8 Å². The first-order valence-electron chi connectivity index (χ1n) is 9.77. The lowest BCUT2D eigenvalue weighted by molar-refractivity contribution is 0.354. The SMILES string of the molecule is CCNC(=NCc1ccc(OC)c(OC)c1)NC1CCN(c2cccs2)CC1.I. The first kappa shape index (κ1) is 23.6. The molecule has 0 aliphatic carbocycles. The molecule has 1 fully saturated rings. The van der Waals surface area contributed by atoms with Crippen molar-refractivity contribution in [3.63, 3.8) is 0 Å². The van der Waals surface area contributed by atoms with E-state index in [-0.39, 0.29) is 24.0 Å². The molecule has 0 unspecified atom stereocenters. The quantitative estimate of drug-likeness (QED) is 0.321. The van der Waals surface area contributed by atoms with Crippen molar-refractivity contribution >= 4 is 46.3 Å². The second kappa shape index (κ2) is 12.1. The van der Waals surface area contributed by atoms with Crippen molar-refractivity contribution in [2.24, 2.45) is 4.99 Å². The van der Waals surface area contributed by atoms with Gasteiger partial charge < -0.3 is 25.0 Å². The highest BCUT2D eigenvalue weighted by Gasteiger charge is 2.20. The molecular weight excluding hydrogens is 499 g/mol. The second-order valence-corrected chi connectivity index (χ2v) is 7.67. The Hall–Kier alpha value is -1.68. The van der Waals surface area contributed by atoms with E-state index in [2.05, 4.69) is 40.0 Å². The molecule has 1 aromatic heterocycles. The number of nitrogens with zero attached hydrogens (tertiary/aromatic N) is 2. The average Bonchev–Trinajstić information content (AvgIpc) is 3.27. The van der Waals surface area contributed by atoms with E-state index in [0.717, 1.165) is 55.5 Å². The predicted octanol–water partition coefficient (Wildman–Crippen LogP) is 4.11. The van der Waals surface area contributed by atoms with Gasteiger partial charge in [-0.1, -0.05) is 6.07 Å². The van der Waals surface area contributed by atoms with Gasteiger partial charge in [0.25, 0.3) is 0 Å². The van der Waals surface area contributed by atoms with Gasteiger partial charge in [0.15, 0.2) is 17.5 Å². The second-order valence-electron chi connectivity index (χ2n) is 6.74. The van der Waals surface area contributed by atoms with Gasteiger partial charge in [0.2, 0.25) is 0 Å². The number of rotatable bonds is 7. The van der Waals surface area contributed by atoms with Crippen LogP contribution in [0.5, 0.6) is 11.5 Å². The number of guanidine groups is 1. The normalized spacial score (nSPS) is 14.9. The van der Waals surface area contributed by atoms with Crippen LogP contribution in [0.3, 0.4) is 0 Å². The Kier molecular flexibility index (Phi) is 9.86. The maximum Gasteiger partial charge on any atom is 0.191 e. The first-order valence-corrected chi connectivity index (χ1v) is 10.7. The lowest BCUT2D eigenvalue weighted by Gasteiger charge is -2.33. The number of thiophene rings is 1. The molecule has 0 amide bonds. The molecule has 1 aliphatic rings. The van der Waals surface area contributed by atoms with Gasteiger partial charge in [-0.15, -0.1) is 35.3 Å². The van der Waals surface area contributed by atoms with Gasteiger partial charge in [-0.3, -0.25) is 0 Å². The first-order chi connectivity index (χ1) is 13.7. The molecule has 2 N–H and O–H groups in total. The Balaban J connectivity index is 0.00000300. The van der Waals surface area contributed by atoms with Gasteiger partial charge in [-0.25, -0.2) is 4.99 Å². The topological polar surface area (TPSA) is 58.1 Å². The van der Waals surface area contributed by atoms with Crippen LogP contribution in [0.15, 0.2) is 40.7 Å². The largest absolute Gasteiger partial charge is 0.493 e. The van der Waals surface area contributed by atoms with Crippen LogP contribution >= 0.6 is 35.3 Å². The molecule has 0 saturated carbocycles. The lowest BCUT2D eigenvalue weighted by atomic mass is 10.1. The summed E-state index contributed by atoms with van der Waals surface area (Å²) in [5.74, 6) is 2.33. The highest BCUT2D eigenvalue weighted by Crippen LogP contribution is 2.28. The minimum absolute atomic E-state index is 0. The molecular formula is C21H31IN4O2S. The van der Waals surface area contributed by atoms with E-state index in [4.69, 9.17) is 14.5 Å². The molecule has 3 rings (SSSR count). The molecule has 1 saturated heterocycles. The van der Waals surface area contributed by atoms with Gasteiger partial charge in [0, 0.05) is 25.7 Å². The summed E-state index contributed by atoms with van der Waals surface area (Å²) in [7, 11) is 3.30. The van der Waals surface area contributed by atoms with Gasteiger partial charge >= 0.3 is 0 Å². The van der Waals surface area contributed by atoms with E-state index >= 15 is 0 Å². The van der Waals surface area contributed by atoms with Crippen LogP contribution in [0.25, 0.3) is 0 Å². The summed E-state index contributed by atoms with van der Waals surface area (Å²) in [6, 6.07) is 10.7. The molecule has 0 atom stereocenters. The van der Waals surface area contributed by atoms with Crippen LogP contribution in [0, 0.1) is 0 Å². The molecule has 6 nitrogen and oxygen atoms in total. The third kappa shape index (κ3) is 6.67. The number of nitrogens with one attached hydrogen (secondary N) is 2. The van der Waals surface area contributed by atoms with Crippen LogP contribution in [-0.4, -0.2) is 45.9 Å². The summed E-state index contributed by atoms with van der Waals surface area (Å²) in [6.07, 6.45) is 2.22. The van der Waals surface area contributed by atoms with Crippen molar-refractivity contribution in [3.8, 4) is 11.5 Å². The molecule has 2 aromatic rings. The predicted molar refractivity (Wildman–Crippen MR) is 132 cm³/mol. The average molecular weight is 530 g/mol. The fourth-order valence-electron chi connectivity index (χ4n) is 3.36. The fraction of sp³-hybridized carbons (Fsp3) is 0.476. The van der Waals surface area contributed by atoms with Crippen molar-refractivity contribution in [1.29, 1.82) is 0 Å². The molecule has 0 spiro atoms. The molecule has 1 aliphatic heterocycles. The van der Waals surface area contributed by atoms with Crippen molar-refractivity contribution in [3.05, 3.63) is 41.3 Å². The summed E-state index contributed by atoms with van der Waals surface area (Å²) < 4.78 is 10.7. The summed E-state index contributed by atoms with van der Waals surface area (Å²) in [6.45, 7) is 5.67. The zero-order chi connectivity index (χ0) is 19.8. The standard InChI is InChI=1S/C21H30N4O2S.HI/c1-4-22-21(23-15-16-7-8-18(26-2)19(14-16)27-3)24-17-9-11-25(12-10-17)20-6-5-13-28-20;/h5-8,13-14,17H,4,9-12,15H2,1-3H3,(H2,22,23,24);1H. The molecule has 29 heavy (non-hydrogen) atoms. The number of ether oxygens (including phenoxy) is 2. The maximum atomic E-state index is 5.38. The highest BCUT2D eigenvalue weighted by atomic mass is 127. The highest BCUT2D eigenvalue weighted by molar-refractivity contribution is 14.0. The summed E-state index contributed by atoms with van der Waals surface area (Å²) in [5, 5.41) is 10.5. The maximum absolute atomic E-state index is 5.38. The summed E-state index contributed by atoms with van der Waals surface area (Å²) >= 11 is 1.81. The molecule has 2 heterocycles. The zero-order valence-electron chi connectivity index (χ0n) is 17.3. The van der Waals surface area contributed by atoms with Crippen LogP contribution in [0.2, 0.25) is 0 Å². The molecule has 8 heteroatoms. The van der Waals surface area contributed by atoms with E-state index in [9.17, 15) is 0 Å². The van der Waals surface area contributed by atoms with Gasteiger partial charge in [-0.05, 0) is 55.0 Å². The monoisotopic (exact) mass is 530 g/mol. The Morgan fingerprint density at radius 1 is 1.17 bits per heavy atom. The third-order valence-corrected chi connectivity index (χ3v) is 5.79. The van der Waals surface area contributed by atoms with Crippen LogP contribution < -0.4 is 25.0 Å². The molecule has 0 radical (unpaired) electrons. The Morgan fingerprint density at radius 2 is 1.93 bits per heavy atom. The summed E-state index contributed by atoms with van der Waals surface area (Å²) in [5.41, 5.74) is 1.09. The number of hydrogen-bond acceptors (Lipinski definition) is 5. The van der Waals surface area contributed by atoms with E-state index in [1.54, 1.807) is 14.2 Å². The lowest BCUT2D eigenvalue weighted by Crippen LogP contribution is -2.48. The number of methoxy groups -OCH3 is 2. The van der Waals surface area contributed by atoms with Crippen molar-refractivity contribution in [2.45, 2.75) is 32.4 Å². The fourth-order valence-corrected chi connectivity index (χ4v) is 4.14. The number of halogens is 1. The Bertz CT molecular complexity index is 762. The third-order valence-electron chi connectivity index (χ3n) is 4.87. The Morgan fingerprint density at radius 3 is 2.55 bits per heavy atom. The molecule has 1 aromatic carbocycles.